The highest BCUT2D eigenvalue weighted by Gasteiger charge is 2.16. The fraction of sp³-hybridized carbons (Fsp3) is 0.375. The zero-order valence-corrected chi connectivity index (χ0v) is 11.6. The van der Waals surface area contributed by atoms with Gasteiger partial charge >= 0.3 is 0 Å². The summed E-state index contributed by atoms with van der Waals surface area (Å²) in [5, 5.41) is 3.44. The molecule has 0 saturated heterocycles. The molecular weight excluding hydrogens is 248 g/mol. The molecule has 1 aliphatic carbocycles. The van der Waals surface area contributed by atoms with Crippen LogP contribution in [0.3, 0.4) is 0 Å². The minimum atomic E-state index is 0.699. The average Bonchev–Trinajstić information content (AvgIpc) is 2.96. The van der Waals surface area contributed by atoms with Crippen molar-refractivity contribution in [1.29, 1.82) is 0 Å². The molecule has 1 aliphatic rings. The van der Waals surface area contributed by atoms with Crippen LogP contribution in [0.1, 0.15) is 28.8 Å². The van der Waals surface area contributed by atoms with E-state index in [0.717, 1.165) is 31.6 Å². The molecule has 0 bridgehead atoms. The average molecular weight is 268 g/mol. The Hall–Kier alpha value is -1.94. The monoisotopic (exact) mass is 268 g/mol. The van der Waals surface area contributed by atoms with Crippen molar-refractivity contribution in [2.24, 2.45) is 5.73 Å². The molecule has 4 nitrogen and oxygen atoms in total. The lowest BCUT2D eigenvalue weighted by Crippen LogP contribution is -2.06. The quantitative estimate of drug-likeness (QED) is 0.871. The maximum Gasteiger partial charge on any atom is 0.133 e. The molecule has 20 heavy (non-hydrogen) atoms. The lowest BCUT2D eigenvalue weighted by molar-refractivity contribution is 0.899. The van der Waals surface area contributed by atoms with Gasteiger partial charge in [-0.2, -0.15) is 0 Å². The molecule has 0 spiro atoms. The van der Waals surface area contributed by atoms with Crippen LogP contribution in [0.2, 0.25) is 0 Å². The van der Waals surface area contributed by atoms with Gasteiger partial charge < -0.3 is 11.1 Å². The number of hydrogen-bond acceptors (Lipinski definition) is 4. The Morgan fingerprint density at radius 2 is 1.85 bits per heavy atom. The first-order chi connectivity index (χ1) is 9.86. The predicted molar refractivity (Wildman–Crippen MR) is 80.6 cm³/mol. The fourth-order valence-electron chi connectivity index (χ4n) is 2.69. The van der Waals surface area contributed by atoms with Gasteiger partial charge in [0.15, 0.2) is 0 Å². The minimum absolute atomic E-state index is 0.699. The molecule has 0 unspecified atom stereocenters. The Morgan fingerprint density at radius 3 is 2.65 bits per heavy atom. The van der Waals surface area contributed by atoms with Crippen LogP contribution in [-0.4, -0.2) is 16.5 Å². The van der Waals surface area contributed by atoms with Crippen molar-refractivity contribution in [1.82, 2.24) is 9.97 Å². The van der Waals surface area contributed by atoms with Crippen LogP contribution in [0.4, 0.5) is 5.82 Å². The van der Waals surface area contributed by atoms with Gasteiger partial charge in [0.2, 0.25) is 0 Å². The Labute approximate surface area is 119 Å². The van der Waals surface area contributed by atoms with Gasteiger partial charge in [0.05, 0.1) is 0 Å². The molecule has 0 aliphatic heterocycles. The molecule has 1 aromatic carbocycles. The summed E-state index contributed by atoms with van der Waals surface area (Å²) in [5.41, 5.74) is 10.6. The van der Waals surface area contributed by atoms with E-state index < -0.39 is 0 Å². The minimum Gasteiger partial charge on any atom is -0.366 e. The van der Waals surface area contributed by atoms with Gasteiger partial charge in [-0.05, 0) is 43.4 Å². The fourth-order valence-corrected chi connectivity index (χ4v) is 2.69. The second-order valence-electron chi connectivity index (χ2n) is 5.21. The highest BCUT2D eigenvalue weighted by Crippen LogP contribution is 2.25. The maximum absolute atomic E-state index is 5.56. The maximum atomic E-state index is 5.56. The van der Waals surface area contributed by atoms with Crippen LogP contribution in [0.5, 0.6) is 0 Å². The van der Waals surface area contributed by atoms with E-state index in [4.69, 9.17) is 5.73 Å². The van der Waals surface area contributed by atoms with Crippen LogP contribution >= 0.6 is 0 Å². The summed E-state index contributed by atoms with van der Waals surface area (Å²) in [4.78, 5) is 8.72. The molecule has 2 aromatic rings. The normalized spacial score (nSPS) is 13.2. The topological polar surface area (TPSA) is 63.8 Å². The van der Waals surface area contributed by atoms with Crippen LogP contribution in [0.25, 0.3) is 0 Å². The zero-order valence-electron chi connectivity index (χ0n) is 11.6. The highest BCUT2D eigenvalue weighted by molar-refractivity contribution is 5.48. The number of nitrogens with one attached hydrogen (secondary N) is 1. The number of rotatable bonds is 5. The summed E-state index contributed by atoms with van der Waals surface area (Å²) in [5.74, 6) is 0.999. The molecule has 0 amide bonds. The van der Waals surface area contributed by atoms with E-state index in [9.17, 15) is 0 Å². The number of nitrogens with zero attached hydrogens (tertiary/aromatic N) is 2. The molecule has 1 heterocycles. The summed E-state index contributed by atoms with van der Waals surface area (Å²) in [6.07, 6.45) is 5.97. The number of aryl methyl sites for hydroxylation is 1. The van der Waals surface area contributed by atoms with Crippen molar-refractivity contribution in [3.63, 3.8) is 0 Å². The van der Waals surface area contributed by atoms with Gasteiger partial charge in [0.1, 0.15) is 12.1 Å². The smallest absolute Gasteiger partial charge is 0.133 e. The van der Waals surface area contributed by atoms with Crippen molar-refractivity contribution in [2.75, 3.05) is 11.9 Å². The predicted octanol–water partition coefficient (Wildman–Crippen LogP) is 2.08. The number of nitrogens with two attached hydrogens (primary N) is 1. The Bertz CT molecular complexity index is 578. The van der Waals surface area contributed by atoms with Gasteiger partial charge in [-0.15, -0.1) is 0 Å². The first-order valence-electron chi connectivity index (χ1n) is 7.21. The third kappa shape index (κ3) is 2.80. The first kappa shape index (κ1) is 13.1. The molecule has 1 aromatic heterocycles. The van der Waals surface area contributed by atoms with Gasteiger partial charge in [-0.25, -0.2) is 9.97 Å². The highest BCUT2D eigenvalue weighted by atomic mass is 15.0. The molecule has 0 radical (unpaired) electrons. The van der Waals surface area contributed by atoms with Crippen molar-refractivity contribution < 1.29 is 0 Å². The summed E-state index contributed by atoms with van der Waals surface area (Å²) in [6, 6.07) is 8.60. The molecule has 3 rings (SSSR count). The lowest BCUT2D eigenvalue weighted by atomic mass is 10.1. The van der Waals surface area contributed by atoms with E-state index in [1.165, 1.54) is 28.8 Å². The summed E-state index contributed by atoms with van der Waals surface area (Å²) >= 11 is 0. The SMILES string of the molecule is NCCc1ccc(CNc2ncnc3c2CCC3)cc1. The van der Waals surface area contributed by atoms with E-state index in [0.29, 0.717) is 6.54 Å². The van der Waals surface area contributed by atoms with Crippen molar-refractivity contribution in [3.8, 4) is 0 Å². The van der Waals surface area contributed by atoms with Crippen LogP contribution in [0.15, 0.2) is 30.6 Å². The third-order valence-electron chi connectivity index (χ3n) is 3.79. The molecule has 4 heteroatoms. The molecule has 0 saturated carbocycles. The number of benzene rings is 1. The van der Waals surface area contributed by atoms with Gasteiger partial charge in [-0.3, -0.25) is 0 Å². The standard InChI is InChI=1S/C16H20N4/c17-9-8-12-4-6-13(7-5-12)10-18-16-14-2-1-3-15(14)19-11-20-16/h4-7,11H,1-3,8-10,17H2,(H,18,19,20). The Balaban J connectivity index is 1.66. The summed E-state index contributed by atoms with van der Waals surface area (Å²) in [7, 11) is 0. The molecule has 104 valence electrons. The summed E-state index contributed by atoms with van der Waals surface area (Å²) in [6.45, 7) is 1.50. The van der Waals surface area contributed by atoms with E-state index >= 15 is 0 Å². The Morgan fingerprint density at radius 1 is 1.05 bits per heavy atom. The number of aromatic nitrogens is 2. The van der Waals surface area contributed by atoms with Crippen LogP contribution in [0, 0.1) is 0 Å². The first-order valence-corrected chi connectivity index (χ1v) is 7.21. The Kier molecular flexibility index (Phi) is 3.92. The van der Waals surface area contributed by atoms with Gasteiger partial charge in [-0.1, -0.05) is 24.3 Å². The number of hydrogen-bond donors (Lipinski definition) is 2. The van der Waals surface area contributed by atoms with Crippen LogP contribution < -0.4 is 11.1 Å². The van der Waals surface area contributed by atoms with E-state index in [-0.39, 0.29) is 0 Å². The second kappa shape index (κ2) is 6.01. The van der Waals surface area contributed by atoms with Crippen molar-refractivity contribution >= 4 is 5.82 Å². The third-order valence-corrected chi connectivity index (χ3v) is 3.79. The second-order valence-corrected chi connectivity index (χ2v) is 5.21. The molecule has 3 N–H and O–H groups in total. The van der Waals surface area contributed by atoms with Gasteiger partial charge in [0, 0.05) is 17.8 Å². The van der Waals surface area contributed by atoms with E-state index in [1.54, 1.807) is 6.33 Å². The molecule has 0 atom stereocenters. The van der Waals surface area contributed by atoms with E-state index in [1.807, 2.05) is 0 Å². The van der Waals surface area contributed by atoms with E-state index in [2.05, 4.69) is 39.6 Å². The molecule has 0 fully saturated rings. The lowest BCUT2D eigenvalue weighted by Gasteiger charge is -2.10. The number of fused-ring (bicyclic) bond motifs is 1. The van der Waals surface area contributed by atoms with Crippen molar-refractivity contribution in [3.05, 3.63) is 53.0 Å². The van der Waals surface area contributed by atoms with Gasteiger partial charge in [0.25, 0.3) is 0 Å². The molecular formula is C16H20N4. The van der Waals surface area contributed by atoms with Crippen LogP contribution in [-0.2, 0) is 25.8 Å². The zero-order chi connectivity index (χ0) is 13.8. The summed E-state index contributed by atoms with van der Waals surface area (Å²) < 4.78 is 0. The largest absolute Gasteiger partial charge is 0.366 e. The number of anilines is 1. The van der Waals surface area contributed by atoms with Crippen molar-refractivity contribution in [2.45, 2.75) is 32.2 Å².